The number of carbonyl (C=O) groups is 4. The Kier molecular flexibility index (Phi) is 24.6. The van der Waals surface area contributed by atoms with Gasteiger partial charge in [-0.25, -0.2) is 0 Å². The number of phenols is 2. The maximum absolute atomic E-state index is 12.0. The Morgan fingerprint density at radius 2 is 1.26 bits per heavy atom. The molecule has 0 bridgehead atoms. The van der Waals surface area contributed by atoms with Gasteiger partial charge in [-0.15, -0.1) is 47.3 Å². The molecule has 0 saturated carbocycles. The van der Waals surface area contributed by atoms with Crippen molar-refractivity contribution in [2.45, 2.75) is 73.1 Å². The van der Waals surface area contributed by atoms with Gasteiger partial charge in [0.1, 0.15) is 17.2 Å². The summed E-state index contributed by atoms with van der Waals surface area (Å²) in [4.78, 5) is 46.0. The number of Topliss-reactive ketones (excluding diaryl/α,β-unsaturated/α-hetero) is 2. The lowest BCUT2D eigenvalue weighted by Crippen LogP contribution is -2.06. The Labute approximate surface area is 281 Å². The summed E-state index contributed by atoms with van der Waals surface area (Å²) in [7, 11) is 1.55. The Morgan fingerprint density at radius 3 is 1.67 bits per heavy atom. The van der Waals surface area contributed by atoms with Crippen molar-refractivity contribution in [1.82, 2.24) is 0 Å². The van der Waals surface area contributed by atoms with Crippen molar-refractivity contribution in [3.05, 3.63) is 53.1 Å². The second kappa shape index (κ2) is 26.1. The minimum atomic E-state index is -0.333. The lowest BCUT2D eigenvalue weighted by molar-refractivity contribution is -0.144. The first-order valence-electron chi connectivity index (χ1n) is 14.2. The van der Waals surface area contributed by atoms with E-state index in [-0.39, 0.29) is 63.0 Å². The molecule has 0 amide bonds. The first kappa shape index (κ1) is 40.6. The third-order valence-corrected chi connectivity index (χ3v) is 5.12. The molecule has 2 rings (SSSR count). The van der Waals surface area contributed by atoms with E-state index < -0.39 is 0 Å². The SMILES string of the molecule is BrB(Br)Br.CCOC(=O)CCCC(=O)c1ccc(C)cc1OC.CCOC(=O)CCCC(=O)c1ccc(O)cc1O.[2H]CC. The molecule has 0 fully saturated rings. The van der Waals surface area contributed by atoms with Gasteiger partial charge in [0.15, 0.2) is 11.6 Å². The van der Waals surface area contributed by atoms with Gasteiger partial charge in [-0.3, -0.25) is 19.2 Å². The fourth-order valence-electron chi connectivity index (χ4n) is 3.31. The first-order chi connectivity index (χ1) is 20.8. The summed E-state index contributed by atoms with van der Waals surface area (Å²) >= 11 is 9.31. The van der Waals surface area contributed by atoms with Crippen molar-refractivity contribution < 1.29 is 45.0 Å². The Bertz CT molecular complexity index is 1150. The molecule has 2 aromatic rings. The van der Waals surface area contributed by atoms with Crippen LogP contribution >= 0.6 is 47.3 Å². The molecule has 0 aliphatic heterocycles. The molecule has 13 heteroatoms. The molecular formula is C30H42BBr3O9. The fraction of sp³-hybridized carbons (Fsp3) is 0.467. The van der Waals surface area contributed by atoms with Crippen molar-refractivity contribution in [2.24, 2.45) is 0 Å². The molecule has 0 atom stereocenters. The summed E-state index contributed by atoms with van der Waals surface area (Å²) in [5.41, 5.74) is 1.76. The minimum absolute atomic E-state index is 0.0128. The Morgan fingerprint density at radius 1 is 0.814 bits per heavy atom. The van der Waals surface area contributed by atoms with Crippen LogP contribution in [0.25, 0.3) is 0 Å². The van der Waals surface area contributed by atoms with Gasteiger partial charge in [-0.2, -0.15) is 0 Å². The molecule has 9 nitrogen and oxygen atoms in total. The summed E-state index contributed by atoms with van der Waals surface area (Å²) in [6.45, 7) is 8.42. The predicted molar refractivity (Wildman–Crippen MR) is 181 cm³/mol. The van der Waals surface area contributed by atoms with Crippen LogP contribution in [0.3, 0.4) is 0 Å². The van der Waals surface area contributed by atoms with E-state index in [4.69, 9.17) is 20.7 Å². The molecule has 2 aromatic carbocycles. The van der Waals surface area contributed by atoms with Gasteiger partial charge in [0, 0.05) is 33.1 Å². The smallest absolute Gasteiger partial charge is 0.369 e. The molecule has 0 heterocycles. The highest BCUT2D eigenvalue weighted by molar-refractivity contribution is 9.69. The Hall–Kier alpha value is -2.38. The van der Waals surface area contributed by atoms with Gasteiger partial charge < -0.3 is 24.4 Å². The van der Waals surface area contributed by atoms with Gasteiger partial charge in [-0.05, 0) is 63.4 Å². The van der Waals surface area contributed by atoms with E-state index in [1.165, 1.54) is 12.1 Å². The van der Waals surface area contributed by atoms with Crippen LogP contribution in [0.1, 0.15) is 93.8 Å². The Balaban J connectivity index is 0. The quantitative estimate of drug-likeness (QED) is 0.117. The van der Waals surface area contributed by atoms with Gasteiger partial charge in [0.25, 0.3) is 0 Å². The highest BCUT2D eigenvalue weighted by atomic mass is 79.9. The molecule has 43 heavy (non-hydrogen) atoms. The zero-order valence-electron chi connectivity index (χ0n) is 26.3. The van der Waals surface area contributed by atoms with E-state index >= 15 is 0 Å². The molecule has 0 radical (unpaired) electrons. The predicted octanol–water partition coefficient (Wildman–Crippen LogP) is 8.12. The number of ether oxygens (including phenoxy) is 3. The molecule has 0 unspecified atom stereocenters. The van der Waals surface area contributed by atoms with E-state index in [1.807, 2.05) is 19.1 Å². The largest absolute Gasteiger partial charge is 0.508 e. The number of carbonyl (C=O) groups excluding carboxylic acids is 4. The average Bonchev–Trinajstić information content (AvgIpc) is 2.93. The summed E-state index contributed by atoms with van der Waals surface area (Å²) in [6, 6.07) is 9.27. The van der Waals surface area contributed by atoms with Crippen LogP contribution in [0.4, 0.5) is 0 Å². The highest BCUT2D eigenvalue weighted by Gasteiger charge is 2.14. The second-order valence-corrected chi connectivity index (χ2v) is 14.7. The zero-order chi connectivity index (χ0) is 34.1. The van der Waals surface area contributed by atoms with Crippen LogP contribution in [-0.4, -0.2) is 57.2 Å². The molecule has 240 valence electrons. The van der Waals surface area contributed by atoms with E-state index in [2.05, 4.69) is 47.3 Å². The van der Waals surface area contributed by atoms with Crippen LogP contribution < -0.4 is 4.74 Å². The summed E-state index contributed by atoms with van der Waals surface area (Å²) in [5.74, 6) is -0.641. The van der Waals surface area contributed by atoms with Crippen LogP contribution in [0.2, 0.25) is 0 Å². The van der Waals surface area contributed by atoms with Crippen molar-refractivity contribution in [1.29, 1.82) is 0 Å². The van der Waals surface area contributed by atoms with E-state index in [1.54, 1.807) is 33.9 Å². The summed E-state index contributed by atoms with van der Waals surface area (Å²) < 4.78 is 21.2. The molecule has 0 saturated heterocycles. The van der Waals surface area contributed by atoms with Gasteiger partial charge in [0.05, 0.1) is 31.5 Å². The molecule has 0 aliphatic carbocycles. The van der Waals surface area contributed by atoms with Crippen molar-refractivity contribution in [2.75, 3.05) is 20.3 Å². The summed E-state index contributed by atoms with van der Waals surface area (Å²) in [5, 5.41) is 18.6. The molecule has 2 N–H and O–H groups in total. The number of benzene rings is 2. The van der Waals surface area contributed by atoms with Crippen LogP contribution in [-0.2, 0) is 19.1 Å². The lowest BCUT2D eigenvalue weighted by Gasteiger charge is -2.08. The molecule has 0 aliphatic rings. The third-order valence-electron chi connectivity index (χ3n) is 5.12. The number of methoxy groups -OCH3 is 1. The maximum atomic E-state index is 12.0. The fourth-order valence-corrected chi connectivity index (χ4v) is 3.31. The molecular weight excluding hydrogens is 755 g/mol. The number of aryl methyl sites for hydroxylation is 1. The number of ketones is 2. The molecule has 0 spiro atoms. The summed E-state index contributed by atoms with van der Waals surface area (Å²) in [6.07, 6.45) is 1.79. The second-order valence-electron chi connectivity index (χ2n) is 8.32. The molecule has 0 aromatic heterocycles. The van der Waals surface area contributed by atoms with Gasteiger partial charge >= 0.3 is 15.1 Å². The van der Waals surface area contributed by atoms with E-state index in [0.717, 1.165) is 11.6 Å². The lowest BCUT2D eigenvalue weighted by atomic mass is 10.0. The average molecular weight is 798 g/mol. The maximum Gasteiger partial charge on any atom is 0.369 e. The van der Waals surface area contributed by atoms with Crippen molar-refractivity contribution in [3.8, 4) is 17.2 Å². The topological polar surface area (TPSA) is 136 Å². The standard InChI is InChI=1S/C15H20O4.C13H16O5.C2H6.BBr3/c1-4-19-15(17)7-5-6-13(16)12-9-8-11(2)10-14(12)18-3;1-2-18-13(17)5-3-4-11(15)10-7-6-9(14)8-12(10)16;1-2;2-1(3)4/h8-10H,4-7H2,1-3H3;6-8,14,16H,2-5H2,1H3;1-2H3;/i;;1D;. The highest BCUT2D eigenvalue weighted by Crippen LogP contribution is 2.24. The number of hydrogen-bond donors (Lipinski definition) is 2. The number of halogens is 3. The first-order valence-corrected chi connectivity index (χ1v) is 16.3. The number of esters is 2. The van der Waals surface area contributed by atoms with Crippen LogP contribution in [0.5, 0.6) is 17.2 Å². The van der Waals surface area contributed by atoms with E-state index in [9.17, 15) is 24.3 Å². The van der Waals surface area contributed by atoms with Gasteiger partial charge in [0.2, 0.25) is 0 Å². The van der Waals surface area contributed by atoms with Crippen molar-refractivity contribution >= 4 is 74.0 Å². The number of rotatable bonds is 13. The third kappa shape index (κ3) is 21.0. The number of phenolic OH excluding ortho intramolecular Hbond substituents is 2. The minimum Gasteiger partial charge on any atom is -0.508 e. The van der Waals surface area contributed by atoms with Crippen LogP contribution in [0, 0.1) is 6.92 Å². The monoisotopic (exact) mass is 795 g/mol. The zero-order valence-corrected chi connectivity index (χ0v) is 30.0. The van der Waals surface area contributed by atoms with E-state index in [0.29, 0.717) is 50.7 Å². The van der Waals surface area contributed by atoms with Crippen molar-refractivity contribution in [3.63, 3.8) is 0 Å². The number of aromatic hydroxyl groups is 2. The normalized spacial score (nSPS) is 9.72. The van der Waals surface area contributed by atoms with Crippen LogP contribution in [0.15, 0.2) is 36.4 Å². The number of hydrogen-bond acceptors (Lipinski definition) is 9. The van der Waals surface area contributed by atoms with Gasteiger partial charge in [-0.1, -0.05) is 19.9 Å².